The van der Waals surface area contributed by atoms with Crippen LogP contribution in [0, 0.1) is 5.82 Å². The molecule has 0 aliphatic heterocycles. The second-order valence-corrected chi connectivity index (χ2v) is 4.75. The molecule has 0 saturated carbocycles. The third-order valence-electron chi connectivity index (χ3n) is 3.67. The number of aldehydes is 1. The Labute approximate surface area is 121 Å². The van der Waals surface area contributed by atoms with Crippen LogP contribution in [0.25, 0.3) is 0 Å². The van der Waals surface area contributed by atoms with Crippen molar-refractivity contribution < 1.29 is 9.18 Å². The third-order valence-corrected chi connectivity index (χ3v) is 3.67. The van der Waals surface area contributed by atoms with Crippen LogP contribution >= 0.6 is 0 Å². The van der Waals surface area contributed by atoms with Gasteiger partial charge < -0.3 is 9.80 Å². The van der Waals surface area contributed by atoms with Gasteiger partial charge in [0.25, 0.3) is 0 Å². The number of anilines is 1. The van der Waals surface area contributed by atoms with Gasteiger partial charge in [0.15, 0.2) is 6.29 Å². The van der Waals surface area contributed by atoms with Crippen LogP contribution in [-0.4, -0.2) is 43.9 Å². The van der Waals surface area contributed by atoms with E-state index in [-0.39, 0.29) is 5.56 Å². The van der Waals surface area contributed by atoms with Crippen molar-refractivity contribution in [3.8, 4) is 0 Å². The number of rotatable bonds is 9. The summed E-state index contributed by atoms with van der Waals surface area (Å²) >= 11 is 0. The van der Waals surface area contributed by atoms with Gasteiger partial charge in [-0.05, 0) is 45.1 Å². The van der Waals surface area contributed by atoms with Gasteiger partial charge in [-0.3, -0.25) is 4.79 Å². The van der Waals surface area contributed by atoms with Gasteiger partial charge in [0.2, 0.25) is 0 Å². The van der Waals surface area contributed by atoms with Gasteiger partial charge in [0, 0.05) is 13.1 Å². The smallest absolute Gasteiger partial charge is 0.155 e. The summed E-state index contributed by atoms with van der Waals surface area (Å²) in [5.74, 6) is -0.445. The maximum atomic E-state index is 13.6. The first-order valence-corrected chi connectivity index (χ1v) is 7.38. The quantitative estimate of drug-likeness (QED) is 0.649. The molecule has 112 valence electrons. The highest BCUT2D eigenvalue weighted by Gasteiger charge is 2.13. The van der Waals surface area contributed by atoms with E-state index in [1.165, 1.54) is 6.07 Å². The van der Waals surface area contributed by atoms with E-state index in [2.05, 4.69) is 23.6 Å². The highest BCUT2D eigenvalue weighted by molar-refractivity contribution is 5.85. The Balaban J connectivity index is 2.71. The second-order valence-electron chi connectivity index (χ2n) is 4.75. The second kappa shape index (κ2) is 8.69. The molecule has 0 amide bonds. The monoisotopic (exact) mass is 280 g/mol. The molecule has 4 heteroatoms. The van der Waals surface area contributed by atoms with Gasteiger partial charge in [-0.2, -0.15) is 0 Å². The van der Waals surface area contributed by atoms with Crippen molar-refractivity contribution in [3.05, 3.63) is 29.6 Å². The molecular formula is C16H25FN2O. The standard InChI is InChI=1S/C16H25FN2O/c1-4-18(5-2)11-8-12-19(6-3)16-10-7-9-15(17)14(16)13-20/h7,9-10,13H,4-6,8,11-12H2,1-3H3. The minimum Gasteiger partial charge on any atom is -0.371 e. The van der Waals surface area contributed by atoms with Crippen LogP contribution < -0.4 is 4.90 Å². The molecule has 0 fully saturated rings. The van der Waals surface area contributed by atoms with Crippen molar-refractivity contribution in [2.75, 3.05) is 37.6 Å². The van der Waals surface area contributed by atoms with E-state index in [9.17, 15) is 9.18 Å². The molecule has 0 saturated heterocycles. The van der Waals surface area contributed by atoms with E-state index in [1.54, 1.807) is 6.07 Å². The maximum absolute atomic E-state index is 13.6. The highest BCUT2D eigenvalue weighted by atomic mass is 19.1. The largest absolute Gasteiger partial charge is 0.371 e. The number of hydrogen-bond donors (Lipinski definition) is 0. The van der Waals surface area contributed by atoms with Crippen LogP contribution in [0.15, 0.2) is 18.2 Å². The molecule has 0 aliphatic carbocycles. The predicted molar refractivity (Wildman–Crippen MR) is 82.1 cm³/mol. The lowest BCUT2D eigenvalue weighted by atomic mass is 10.1. The van der Waals surface area contributed by atoms with Gasteiger partial charge in [-0.15, -0.1) is 0 Å². The normalized spacial score (nSPS) is 10.8. The van der Waals surface area contributed by atoms with Crippen molar-refractivity contribution in [2.45, 2.75) is 27.2 Å². The summed E-state index contributed by atoms with van der Waals surface area (Å²) in [5, 5.41) is 0. The minimum atomic E-state index is -0.445. The number of benzene rings is 1. The van der Waals surface area contributed by atoms with Crippen molar-refractivity contribution in [3.63, 3.8) is 0 Å². The summed E-state index contributed by atoms with van der Waals surface area (Å²) in [6, 6.07) is 4.80. The van der Waals surface area contributed by atoms with Crippen molar-refractivity contribution in [1.29, 1.82) is 0 Å². The zero-order chi connectivity index (χ0) is 15.0. The van der Waals surface area contributed by atoms with Gasteiger partial charge in [-0.25, -0.2) is 4.39 Å². The predicted octanol–water partition coefficient (Wildman–Crippen LogP) is 3.20. The van der Waals surface area contributed by atoms with Gasteiger partial charge in [-0.1, -0.05) is 19.9 Å². The third kappa shape index (κ3) is 4.30. The van der Waals surface area contributed by atoms with Crippen molar-refractivity contribution >= 4 is 12.0 Å². The lowest BCUT2D eigenvalue weighted by Gasteiger charge is -2.26. The molecule has 0 N–H and O–H groups in total. The fraction of sp³-hybridized carbons (Fsp3) is 0.562. The zero-order valence-corrected chi connectivity index (χ0v) is 12.7. The highest BCUT2D eigenvalue weighted by Crippen LogP contribution is 2.21. The number of nitrogens with zero attached hydrogens (tertiary/aromatic N) is 2. The Kier molecular flexibility index (Phi) is 7.23. The van der Waals surface area contributed by atoms with Crippen molar-refractivity contribution in [2.24, 2.45) is 0 Å². The first-order valence-electron chi connectivity index (χ1n) is 7.38. The molecule has 0 bridgehead atoms. The fourth-order valence-electron chi connectivity index (χ4n) is 2.39. The number of carbonyl (C=O) groups excluding carboxylic acids is 1. The molecule has 1 aromatic rings. The van der Waals surface area contributed by atoms with E-state index in [1.807, 2.05) is 13.0 Å². The zero-order valence-electron chi connectivity index (χ0n) is 12.7. The Morgan fingerprint density at radius 2 is 1.80 bits per heavy atom. The van der Waals surface area contributed by atoms with E-state index >= 15 is 0 Å². The van der Waals surface area contributed by atoms with E-state index in [0.29, 0.717) is 12.0 Å². The van der Waals surface area contributed by atoms with Crippen LogP contribution in [-0.2, 0) is 0 Å². The average molecular weight is 280 g/mol. The van der Waals surface area contributed by atoms with Crippen LogP contribution in [0.4, 0.5) is 10.1 Å². The van der Waals surface area contributed by atoms with Crippen LogP contribution in [0.5, 0.6) is 0 Å². The molecule has 3 nitrogen and oxygen atoms in total. The molecule has 1 rings (SSSR count). The summed E-state index contributed by atoms with van der Waals surface area (Å²) in [7, 11) is 0. The molecule has 0 aromatic heterocycles. The lowest BCUT2D eigenvalue weighted by Crippen LogP contribution is -2.30. The average Bonchev–Trinajstić information content (AvgIpc) is 2.47. The van der Waals surface area contributed by atoms with E-state index < -0.39 is 5.82 Å². The Hall–Kier alpha value is -1.42. The molecule has 20 heavy (non-hydrogen) atoms. The molecule has 0 spiro atoms. The SMILES string of the molecule is CCN(CC)CCCN(CC)c1cccc(F)c1C=O. The Bertz CT molecular complexity index is 419. The summed E-state index contributed by atoms with van der Waals surface area (Å²) < 4.78 is 13.6. The van der Waals surface area contributed by atoms with Crippen LogP contribution in [0.1, 0.15) is 37.6 Å². The Morgan fingerprint density at radius 3 is 2.35 bits per heavy atom. The molecule has 0 atom stereocenters. The van der Waals surface area contributed by atoms with E-state index in [0.717, 1.165) is 39.1 Å². The first kappa shape index (κ1) is 16.6. The summed E-state index contributed by atoms with van der Waals surface area (Å²) in [5.41, 5.74) is 0.860. The summed E-state index contributed by atoms with van der Waals surface area (Å²) in [6.45, 7) is 11.0. The lowest BCUT2D eigenvalue weighted by molar-refractivity contribution is 0.112. The molecule has 0 heterocycles. The van der Waals surface area contributed by atoms with Gasteiger partial charge in [0.1, 0.15) is 5.82 Å². The van der Waals surface area contributed by atoms with Crippen molar-refractivity contribution in [1.82, 2.24) is 4.90 Å². The molecular weight excluding hydrogens is 255 g/mol. The molecule has 1 aromatic carbocycles. The first-order chi connectivity index (χ1) is 9.67. The van der Waals surface area contributed by atoms with Gasteiger partial charge >= 0.3 is 0 Å². The topological polar surface area (TPSA) is 23.6 Å². The summed E-state index contributed by atoms with van der Waals surface area (Å²) in [4.78, 5) is 15.5. The summed E-state index contributed by atoms with van der Waals surface area (Å²) in [6.07, 6.45) is 1.61. The maximum Gasteiger partial charge on any atom is 0.155 e. The van der Waals surface area contributed by atoms with Gasteiger partial charge in [0.05, 0.1) is 11.3 Å². The van der Waals surface area contributed by atoms with Crippen LogP contribution in [0.3, 0.4) is 0 Å². The molecule has 0 aliphatic rings. The minimum absolute atomic E-state index is 0.164. The van der Waals surface area contributed by atoms with Crippen LogP contribution in [0.2, 0.25) is 0 Å². The molecule has 0 radical (unpaired) electrons. The molecule has 0 unspecified atom stereocenters. The number of carbonyl (C=O) groups is 1. The van der Waals surface area contributed by atoms with E-state index in [4.69, 9.17) is 0 Å². The number of hydrogen-bond acceptors (Lipinski definition) is 3. The Morgan fingerprint density at radius 1 is 1.10 bits per heavy atom. The fourth-order valence-corrected chi connectivity index (χ4v) is 2.39. The number of halogens is 1.